The van der Waals surface area contributed by atoms with Gasteiger partial charge in [0.15, 0.2) is 0 Å². The van der Waals surface area contributed by atoms with E-state index in [1.54, 1.807) is 0 Å². The van der Waals surface area contributed by atoms with Crippen LogP contribution in [0.2, 0.25) is 0 Å². The van der Waals surface area contributed by atoms with E-state index in [4.69, 9.17) is 0 Å². The summed E-state index contributed by atoms with van der Waals surface area (Å²) in [5, 5.41) is 13.4. The van der Waals surface area contributed by atoms with Gasteiger partial charge in [0, 0.05) is 30.7 Å². The summed E-state index contributed by atoms with van der Waals surface area (Å²) >= 11 is 0. The van der Waals surface area contributed by atoms with Crippen LogP contribution < -0.4 is 15.6 Å². The fraction of sp³-hybridized carbons (Fsp3) is 0.526. The van der Waals surface area contributed by atoms with Crippen molar-refractivity contribution < 1.29 is 14.3 Å². The third kappa shape index (κ3) is 1.86. The number of anilines is 1. The molecule has 2 N–H and O–H groups in total. The lowest BCUT2D eigenvalue weighted by Crippen LogP contribution is -2.61. The summed E-state index contributed by atoms with van der Waals surface area (Å²) in [5.74, 6) is -0.737. The minimum atomic E-state index is -1.25. The quantitative estimate of drug-likeness (QED) is 0.847. The zero-order chi connectivity index (χ0) is 18.5. The van der Waals surface area contributed by atoms with Crippen molar-refractivity contribution in [3.05, 3.63) is 33.9 Å². The summed E-state index contributed by atoms with van der Waals surface area (Å²) in [5.41, 5.74) is -0.656. The van der Waals surface area contributed by atoms with Gasteiger partial charge in [-0.1, -0.05) is 0 Å². The van der Waals surface area contributed by atoms with Gasteiger partial charge >= 0.3 is 5.97 Å². The van der Waals surface area contributed by atoms with E-state index < -0.39 is 17.2 Å². The van der Waals surface area contributed by atoms with Crippen LogP contribution in [0.25, 0.3) is 11.0 Å². The average molecular weight is 370 g/mol. The number of nitrogens with one attached hydrogen (secondary N) is 1. The van der Waals surface area contributed by atoms with Crippen LogP contribution >= 0.6 is 0 Å². The molecule has 2 aromatic rings. The number of carboxylic acid groups (broad SMARTS) is 1. The molecule has 2 atom stereocenters. The van der Waals surface area contributed by atoms with Crippen LogP contribution in [0.3, 0.4) is 0 Å². The van der Waals surface area contributed by atoms with Gasteiger partial charge in [-0.05, 0) is 37.7 Å². The van der Waals surface area contributed by atoms with Crippen molar-refractivity contribution in [3.8, 4) is 0 Å². The second-order valence-corrected chi connectivity index (χ2v) is 8.54. The lowest BCUT2D eigenvalue weighted by Gasteiger charge is -2.63. The molecule has 140 valence electrons. The normalized spacial score (nSPS) is 33.2. The number of fused-ring (bicyclic) bond motifs is 3. The van der Waals surface area contributed by atoms with E-state index in [2.05, 4.69) is 15.2 Å². The zero-order valence-electron chi connectivity index (χ0n) is 14.6. The fourth-order valence-electron chi connectivity index (χ4n) is 5.67. The number of carbonyl (C=O) groups is 1. The molecule has 2 aromatic heterocycles. The summed E-state index contributed by atoms with van der Waals surface area (Å²) in [6, 6.07) is 1.61. The lowest BCUT2D eigenvalue weighted by molar-refractivity contribution is -0.0853. The second-order valence-electron chi connectivity index (χ2n) is 8.54. The first-order valence-corrected chi connectivity index (χ1v) is 9.45. The molecule has 4 heterocycles. The number of hydrogen-bond acceptors (Lipinski definition) is 5. The standard InChI is InChI=1S/C19H19FN4O3/c20-10-1-13-15(25)14(18(26)27)17(23-8-11-2-12(23)7-21-11)24(16(13)22-6-10)19-3-9(4-19)5-19/h1,6,9,11-12,21H,2-5,7-8H2,(H,26,27)/t9?,11?,12-,19?/m0/s1. The van der Waals surface area contributed by atoms with Crippen LogP contribution in [-0.2, 0) is 5.54 Å². The maximum atomic E-state index is 13.8. The van der Waals surface area contributed by atoms with Gasteiger partial charge in [-0.15, -0.1) is 0 Å². The van der Waals surface area contributed by atoms with Crippen molar-refractivity contribution in [1.29, 1.82) is 0 Å². The van der Waals surface area contributed by atoms with Crippen molar-refractivity contribution in [3.63, 3.8) is 0 Å². The molecule has 7 nitrogen and oxygen atoms in total. The molecule has 2 aliphatic heterocycles. The van der Waals surface area contributed by atoms with Crippen LogP contribution in [0, 0.1) is 11.7 Å². The van der Waals surface area contributed by atoms with Crippen molar-refractivity contribution in [2.75, 3.05) is 18.0 Å². The Labute approximate surface area is 153 Å². The van der Waals surface area contributed by atoms with Crippen molar-refractivity contribution >= 4 is 22.8 Å². The van der Waals surface area contributed by atoms with Crippen molar-refractivity contribution in [1.82, 2.24) is 14.9 Å². The molecule has 0 spiro atoms. The van der Waals surface area contributed by atoms with E-state index in [9.17, 15) is 19.1 Å². The van der Waals surface area contributed by atoms with Gasteiger partial charge in [-0.2, -0.15) is 0 Å². The van der Waals surface area contributed by atoms with Gasteiger partial charge in [0.2, 0.25) is 5.43 Å². The molecule has 0 radical (unpaired) electrons. The fourth-order valence-corrected chi connectivity index (χ4v) is 5.67. The number of aromatic carboxylic acids is 1. The first-order valence-electron chi connectivity index (χ1n) is 9.45. The molecule has 7 rings (SSSR count). The Morgan fingerprint density at radius 2 is 2.15 bits per heavy atom. The van der Waals surface area contributed by atoms with E-state index in [1.165, 1.54) is 0 Å². The Morgan fingerprint density at radius 1 is 1.37 bits per heavy atom. The van der Waals surface area contributed by atoms with E-state index in [0.717, 1.165) is 44.5 Å². The van der Waals surface area contributed by atoms with Gasteiger partial charge in [0.05, 0.1) is 11.6 Å². The third-order valence-corrected chi connectivity index (χ3v) is 6.97. The Bertz CT molecular complexity index is 1060. The van der Waals surface area contributed by atoms with Gasteiger partial charge in [-0.25, -0.2) is 14.2 Å². The third-order valence-electron chi connectivity index (χ3n) is 6.97. The number of hydrogen-bond donors (Lipinski definition) is 2. The number of carboxylic acids is 1. The van der Waals surface area contributed by atoms with E-state index in [0.29, 0.717) is 30.0 Å². The smallest absolute Gasteiger partial charge is 0.343 e. The predicted octanol–water partition coefficient (Wildman–Crippen LogP) is 1.29. The van der Waals surface area contributed by atoms with Crippen LogP contribution in [0.4, 0.5) is 10.2 Å². The highest BCUT2D eigenvalue weighted by Crippen LogP contribution is 2.64. The Hall–Kier alpha value is -2.48. The maximum Gasteiger partial charge on any atom is 0.343 e. The highest BCUT2D eigenvalue weighted by Gasteiger charge is 2.60. The van der Waals surface area contributed by atoms with Crippen molar-refractivity contribution in [2.24, 2.45) is 5.92 Å². The Balaban J connectivity index is 1.72. The number of nitrogens with zero attached hydrogens (tertiary/aromatic N) is 3. The SMILES string of the molecule is O=C(O)c1c(N2CC3C[C@H]2CN3)n(C23CC(C2)C3)c2ncc(F)cc2c1=O. The Morgan fingerprint density at radius 3 is 2.70 bits per heavy atom. The lowest BCUT2D eigenvalue weighted by atomic mass is 9.49. The van der Waals surface area contributed by atoms with Crippen molar-refractivity contribution in [2.45, 2.75) is 43.3 Å². The monoisotopic (exact) mass is 370 g/mol. The summed E-state index contributed by atoms with van der Waals surface area (Å²) < 4.78 is 15.8. The molecule has 3 saturated carbocycles. The number of halogens is 1. The van der Waals surface area contributed by atoms with Gasteiger partial charge in [0.25, 0.3) is 0 Å². The average Bonchev–Trinajstić information content (AvgIpc) is 3.16. The highest BCUT2D eigenvalue weighted by molar-refractivity contribution is 5.98. The molecule has 27 heavy (non-hydrogen) atoms. The number of rotatable bonds is 3. The maximum absolute atomic E-state index is 13.8. The largest absolute Gasteiger partial charge is 0.477 e. The molecule has 1 unspecified atom stereocenters. The highest BCUT2D eigenvalue weighted by atomic mass is 19.1. The number of aromatic nitrogens is 2. The molecule has 2 saturated heterocycles. The predicted molar refractivity (Wildman–Crippen MR) is 95.8 cm³/mol. The minimum absolute atomic E-state index is 0.0587. The zero-order valence-corrected chi connectivity index (χ0v) is 14.6. The first kappa shape index (κ1) is 15.6. The van der Waals surface area contributed by atoms with Crippen LogP contribution in [0.1, 0.15) is 36.0 Å². The topological polar surface area (TPSA) is 87.5 Å². The molecule has 3 aliphatic carbocycles. The summed E-state index contributed by atoms with van der Waals surface area (Å²) in [7, 11) is 0. The van der Waals surface area contributed by atoms with Gasteiger partial charge in [-0.3, -0.25) is 4.79 Å². The van der Waals surface area contributed by atoms with Crippen LogP contribution in [0.5, 0.6) is 0 Å². The van der Waals surface area contributed by atoms with Gasteiger partial charge in [0.1, 0.15) is 22.8 Å². The summed E-state index contributed by atoms with van der Waals surface area (Å²) in [4.78, 5) is 31.6. The molecular weight excluding hydrogens is 351 g/mol. The number of piperazine rings is 1. The summed E-state index contributed by atoms with van der Waals surface area (Å²) in [6.45, 7) is 1.46. The molecular formula is C19H19FN4O3. The van der Waals surface area contributed by atoms with E-state index in [1.807, 2.05) is 4.57 Å². The minimum Gasteiger partial charge on any atom is -0.477 e. The second kappa shape index (κ2) is 4.86. The first-order chi connectivity index (χ1) is 13.0. The summed E-state index contributed by atoms with van der Waals surface area (Å²) in [6.07, 6.45) is 4.96. The molecule has 0 aromatic carbocycles. The Kier molecular flexibility index (Phi) is 2.80. The van der Waals surface area contributed by atoms with Crippen LogP contribution in [0.15, 0.2) is 17.1 Å². The number of pyridine rings is 2. The van der Waals surface area contributed by atoms with Gasteiger partial charge < -0.3 is 19.9 Å². The van der Waals surface area contributed by atoms with E-state index in [-0.39, 0.29) is 22.5 Å². The molecule has 0 amide bonds. The molecule has 8 heteroatoms. The van der Waals surface area contributed by atoms with Crippen LogP contribution in [-0.4, -0.2) is 45.8 Å². The molecule has 5 fully saturated rings. The molecule has 4 bridgehead atoms. The molecule has 5 aliphatic rings. The van der Waals surface area contributed by atoms with E-state index >= 15 is 0 Å².